The summed E-state index contributed by atoms with van der Waals surface area (Å²) in [6.07, 6.45) is -5.66. The van der Waals surface area contributed by atoms with Crippen molar-refractivity contribution in [3.63, 3.8) is 0 Å². The van der Waals surface area contributed by atoms with E-state index in [0.717, 1.165) is 11.1 Å². The number of halogens is 1. The van der Waals surface area contributed by atoms with Gasteiger partial charge in [-0.3, -0.25) is 4.79 Å². The monoisotopic (exact) mass is 596 g/mol. The van der Waals surface area contributed by atoms with Gasteiger partial charge in [0.15, 0.2) is 6.29 Å². The normalized spacial score (nSPS) is 22.5. The third-order valence-electron chi connectivity index (χ3n) is 6.13. The largest absolute Gasteiger partial charge is 0.496 e. The third-order valence-corrected chi connectivity index (χ3v) is 6.43. The molecular formula is C28H37ClN2O10. The fourth-order valence-electron chi connectivity index (χ4n) is 4.14. The molecule has 41 heavy (non-hydrogen) atoms. The molecule has 2 aromatic rings. The molecule has 0 unspecified atom stereocenters. The molecule has 12 nitrogen and oxygen atoms in total. The summed E-state index contributed by atoms with van der Waals surface area (Å²) in [5.41, 5.74) is 1.09. The first-order valence-corrected chi connectivity index (χ1v) is 13.3. The van der Waals surface area contributed by atoms with E-state index in [9.17, 15) is 24.9 Å². The number of carbonyl (C=O) groups excluding carboxylic acids is 2. The summed E-state index contributed by atoms with van der Waals surface area (Å²) in [5, 5.41) is 35.5. The fraction of sp³-hybridized carbons (Fsp3) is 0.500. The van der Waals surface area contributed by atoms with Crippen LogP contribution in [0.15, 0.2) is 36.4 Å². The first-order chi connectivity index (χ1) is 19.4. The van der Waals surface area contributed by atoms with Gasteiger partial charge in [0.2, 0.25) is 0 Å². The Kier molecular flexibility index (Phi) is 11.2. The number of rotatable bonds is 10. The predicted octanol–water partition coefficient (Wildman–Crippen LogP) is 2.14. The highest BCUT2D eigenvalue weighted by molar-refractivity contribution is 6.32. The molecule has 0 spiro atoms. The molecule has 2 amide bonds. The van der Waals surface area contributed by atoms with Gasteiger partial charge in [-0.15, -0.1) is 0 Å². The Hall–Kier alpha value is -3.13. The van der Waals surface area contributed by atoms with Gasteiger partial charge in [-0.2, -0.15) is 0 Å². The SMILES string of the molecule is COc1cc(OCc2cccc(CNC(=O)OC(C)(C)C)c2)c(Cl)cc1C(=O)N[C@H]1[C@@H](OC)O[C@H](CO)[C@@H](O)[C@@H]1O. The summed E-state index contributed by atoms with van der Waals surface area (Å²) in [4.78, 5) is 25.1. The molecule has 13 heteroatoms. The first-order valence-electron chi connectivity index (χ1n) is 12.9. The van der Waals surface area contributed by atoms with E-state index in [2.05, 4.69) is 10.6 Å². The average Bonchev–Trinajstić information content (AvgIpc) is 2.93. The Morgan fingerprint density at radius 1 is 1.05 bits per heavy atom. The van der Waals surface area contributed by atoms with Gasteiger partial charge in [0.05, 0.1) is 24.3 Å². The number of alkyl carbamates (subject to hydrolysis) is 1. The molecule has 2 aromatic carbocycles. The Balaban J connectivity index is 1.68. The van der Waals surface area contributed by atoms with Crippen LogP contribution in [0.1, 0.15) is 42.3 Å². The van der Waals surface area contributed by atoms with Gasteiger partial charge < -0.3 is 49.6 Å². The van der Waals surface area contributed by atoms with Crippen LogP contribution in [-0.4, -0.2) is 84.4 Å². The van der Waals surface area contributed by atoms with Crippen molar-refractivity contribution in [1.82, 2.24) is 10.6 Å². The highest BCUT2D eigenvalue weighted by Crippen LogP contribution is 2.34. The lowest BCUT2D eigenvalue weighted by Gasteiger charge is -2.41. The van der Waals surface area contributed by atoms with E-state index in [1.165, 1.54) is 26.4 Å². The predicted molar refractivity (Wildman–Crippen MR) is 148 cm³/mol. The highest BCUT2D eigenvalue weighted by Gasteiger charge is 2.45. The molecule has 0 aromatic heterocycles. The lowest BCUT2D eigenvalue weighted by atomic mass is 9.96. The Bertz CT molecular complexity index is 1200. The minimum atomic E-state index is -1.48. The quantitative estimate of drug-likeness (QED) is 0.274. The van der Waals surface area contributed by atoms with E-state index >= 15 is 0 Å². The first kappa shape index (κ1) is 32.4. The lowest BCUT2D eigenvalue weighted by molar-refractivity contribution is -0.261. The molecule has 0 saturated carbocycles. The van der Waals surface area contributed by atoms with Crippen LogP contribution in [0.3, 0.4) is 0 Å². The number of carbonyl (C=O) groups is 2. The second-order valence-electron chi connectivity index (χ2n) is 10.4. The maximum Gasteiger partial charge on any atom is 0.407 e. The molecule has 1 heterocycles. The van der Waals surface area contributed by atoms with E-state index in [0.29, 0.717) is 0 Å². The van der Waals surface area contributed by atoms with Crippen molar-refractivity contribution in [3.8, 4) is 11.5 Å². The molecule has 226 valence electrons. The van der Waals surface area contributed by atoms with E-state index in [-0.39, 0.29) is 35.2 Å². The van der Waals surface area contributed by atoms with Crippen molar-refractivity contribution in [2.45, 2.75) is 70.2 Å². The minimum Gasteiger partial charge on any atom is -0.496 e. The number of amides is 2. The van der Waals surface area contributed by atoms with Gasteiger partial charge >= 0.3 is 6.09 Å². The molecule has 1 saturated heterocycles. The molecule has 0 radical (unpaired) electrons. The zero-order valence-corrected chi connectivity index (χ0v) is 24.3. The number of hydrogen-bond donors (Lipinski definition) is 5. The van der Waals surface area contributed by atoms with Crippen LogP contribution in [0.5, 0.6) is 11.5 Å². The number of aliphatic hydroxyl groups excluding tert-OH is 3. The topological polar surface area (TPSA) is 165 Å². The van der Waals surface area contributed by atoms with E-state index < -0.39 is 54.9 Å². The molecule has 1 aliphatic rings. The van der Waals surface area contributed by atoms with Gasteiger partial charge in [-0.25, -0.2) is 4.79 Å². The van der Waals surface area contributed by atoms with Gasteiger partial charge in [-0.1, -0.05) is 35.9 Å². The number of aliphatic hydroxyl groups is 3. The third kappa shape index (κ3) is 8.68. The molecular weight excluding hydrogens is 560 g/mol. The second-order valence-corrected chi connectivity index (χ2v) is 10.8. The fourth-order valence-corrected chi connectivity index (χ4v) is 4.36. The van der Waals surface area contributed by atoms with Crippen LogP contribution in [0, 0.1) is 0 Å². The van der Waals surface area contributed by atoms with Crippen molar-refractivity contribution in [1.29, 1.82) is 0 Å². The minimum absolute atomic E-state index is 0.0425. The Labute approximate surface area is 243 Å². The number of ether oxygens (including phenoxy) is 5. The summed E-state index contributed by atoms with van der Waals surface area (Å²) in [6, 6.07) is 9.07. The summed E-state index contributed by atoms with van der Waals surface area (Å²) in [5.74, 6) is -0.273. The molecule has 3 rings (SSSR count). The van der Waals surface area contributed by atoms with Crippen molar-refractivity contribution in [2.75, 3.05) is 20.8 Å². The van der Waals surface area contributed by atoms with E-state index in [1.807, 2.05) is 24.3 Å². The summed E-state index contributed by atoms with van der Waals surface area (Å²) >= 11 is 6.44. The van der Waals surface area contributed by atoms with Gasteiger partial charge in [0, 0.05) is 19.7 Å². The Morgan fingerprint density at radius 3 is 2.39 bits per heavy atom. The van der Waals surface area contributed by atoms with E-state index in [4.69, 9.17) is 35.3 Å². The van der Waals surface area contributed by atoms with Crippen molar-refractivity contribution < 1.29 is 48.6 Å². The van der Waals surface area contributed by atoms with Crippen LogP contribution in [0.2, 0.25) is 5.02 Å². The molecule has 5 N–H and O–H groups in total. The standard InChI is InChI=1S/C28H37ClN2O10/c1-28(2,3)41-27(36)30-12-15-7-6-8-16(9-15)14-39-20-11-19(37-4)17(10-18(20)29)25(35)31-22-24(34)23(33)21(13-32)40-26(22)38-5/h6-11,21-24,26,32-34H,12-14H2,1-5H3,(H,30,36)(H,31,35)/t21-,22-,23-,24-,26+/m1/s1. The maximum absolute atomic E-state index is 13.1. The van der Waals surface area contributed by atoms with Crippen LogP contribution in [0.4, 0.5) is 4.79 Å². The van der Waals surface area contributed by atoms with Crippen LogP contribution in [0.25, 0.3) is 0 Å². The van der Waals surface area contributed by atoms with Gasteiger partial charge in [0.1, 0.15) is 48.1 Å². The second kappa shape index (κ2) is 14.2. The van der Waals surface area contributed by atoms with Crippen LogP contribution < -0.4 is 20.1 Å². The zero-order valence-electron chi connectivity index (χ0n) is 23.5. The van der Waals surface area contributed by atoms with Gasteiger partial charge in [0.25, 0.3) is 5.91 Å². The number of methoxy groups -OCH3 is 2. The van der Waals surface area contributed by atoms with Crippen molar-refractivity contribution in [2.24, 2.45) is 0 Å². The zero-order chi connectivity index (χ0) is 30.3. The summed E-state index contributed by atoms with van der Waals surface area (Å²) in [7, 11) is 2.68. The molecule has 0 aliphatic carbocycles. The summed E-state index contributed by atoms with van der Waals surface area (Å²) in [6.45, 7) is 5.22. The number of hydrogen-bond acceptors (Lipinski definition) is 10. The maximum atomic E-state index is 13.1. The highest BCUT2D eigenvalue weighted by atomic mass is 35.5. The lowest BCUT2D eigenvalue weighted by Crippen LogP contribution is -2.64. The molecule has 5 atom stereocenters. The number of nitrogens with one attached hydrogen (secondary N) is 2. The van der Waals surface area contributed by atoms with E-state index in [1.54, 1.807) is 20.8 Å². The Morgan fingerprint density at radius 2 is 1.76 bits per heavy atom. The van der Waals surface area contributed by atoms with Gasteiger partial charge in [-0.05, 0) is 38.0 Å². The molecule has 1 aliphatic heterocycles. The number of benzene rings is 2. The smallest absolute Gasteiger partial charge is 0.407 e. The molecule has 0 bridgehead atoms. The van der Waals surface area contributed by atoms with Crippen LogP contribution >= 0.6 is 11.6 Å². The van der Waals surface area contributed by atoms with Crippen molar-refractivity contribution >= 4 is 23.6 Å². The van der Waals surface area contributed by atoms with Crippen LogP contribution in [-0.2, 0) is 27.4 Å². The summed E-state index contributed by atoms with van der Waals surface area (Å²) < 4.78 is 27.2. The average molecular weight is 597 g/mol. The molecule has 1 fully saturated rings. The van der Waals surface area contributed by atoms with Crippen molar-refractivity contribution in [3.05, 3.63) is 58.1 Å².